The third-order valence-electron chi connectivity index (χ3n) is 2.11. The van der Waals surface area contributed by atoms with Crippen LogP contribution in [-0.2, 0) is 6.42 Å². The molecule has 2 aromatic heterocycles. The van der Waals surface area contributed by atoms with Gasteiger partial charge in [-0.3, -0.25) is 0 Å². The Morgan fingerprint density at radius 2 is 2.40 bits per heavy atom. The fraction of sp³-hybridized carbons (Fsp3) is 0.400. The van der Waals surface area contributed by atoms with Crippen LogP contribution < -0.4 is 5.73 Å². The van der Waals surface area contributed by atoms with Gasteiger partial charge in [0.2, 0.25) is 0 Å². The van der Waals surface area contributed by atoms with Crippen molar-refractivity contribution in [2.24, 2.45) is 0 Å². The lowest BCUT2D eigenvalue weighted by Crippen LogP contribution is -1.87. The highest BCUT2D eigenvalue weighted by molar-refractivity contribution is 7.14. The summed E-state index contributed by atoms with van der Waals surface area (Å²) in [5.74, 6) is 1.30. The molecule has 5 heteroatoms. The van der Waals surface area contributed by atoms with Crippen LogP contribution in [0.5, 0.6) is 0 Å². The van der Waals surface area contributed by atoms with Crippen LogP contribution in [0.3, 0.4) is 0 Å². The second-order valence-electron chi connectivity index (χ2n) is 3.32. The van der Waals surface area contributed by atoms with Crippen molar-refractivity contribution >= 4 is 17.0 Å². The van der Waals surface area contributed by atoms with Crippen molar-refractivity contribution in [1.29, 1.82) is 0 Å². The molecule has 0 aliphatic rings. The van der Waals surface area contributed by atoms with Crippen LogP contribution in [0.15, 0.2) is 16.0 Å². The molecular weight excluding hydrogens is 210 g/mol. The van der Waals surface area contributed by atoms with E-state index >= 15 is 0 Å². The van der Waals surface area contributed by atoms with Crippen molar-refractivity contribution in [2.45, 2.75) is 26.2 Å². The topological polar surface area (TPSA) is 64.9 Å². The van der Waals surface area contributed by atoms with E-state index in [-0.39, 0.29) is 0 Å². The van der Waals surface area contributed by atoms with E-state index < -0.39 is 0 Å². The average Bonchev–Trinajstić information content (AvgIpc) is 2.83. The number of thiophene rings is 1. The van der Waals surface area contributed by atoms with Crippen molar-refractivity contribution in [3.8, 4) is 10.8 Å². The summed E-state index contributed by atoms with van der Waals surface area (Å²) in [5, 5.41) is 5.83. The maximum atomic E-state index is 5.76. The first-order valence-electron chi connectivity index (χ1n) is 4.97. The number of rotatable bonds is 4. The summed E-state index contributed by atoms with van der Waals surface area (Å²) in [5.41, 5.74) is 6.46. The largest absolute Gasteiger partial charge is 0.397 e. The van der Waals surface area contributed by atoms with Crippen LogP contribution in [0.4, 0.5) is 5.69 Å². The van der Waals surface area contributed by atoms with Gasteiger partial charge in [-0.25, -0.2) is 0 Å². The normalized spacial score (nSPS) is 10.7. The van der Waals surface area contributed by atoms with E-state index in [0.29, 0.717) is 11.6 Å². The van der Waals surface area contributed by atoms with Crippen LogP contribution in [0.2, 0.25) is 0 Å². The molecule has 0 atom stereocenters. The first kappa shape index (κ1) is 10.2. The number of nitrogens with zero attached hydrogens (tertiary/aromatic N) is 2. The highest BCUT2D eigenvalue weighted by Crippen LogP contribution is 2.29. The molecule has 0 saturated carbocycles. The molecule has 0 aliphatic heterocycles. The number of anilines is 1. The zero-order valence-electron chi connectivity index (χ0n) is 8.56. The number of aryl methyl sites for hydroxylation is 1. The Morgan fingerprint density at radius 1 is 1.53 bits per heavy atom. The number of nitrogens with two attached hydrogens (primary N) is 1. The quantitative estimate of drug-likeness (QED) is 0.865. The van der Waals surface area contributed by atoms with E-state index in [9.17, 15) is 0 Å². The summed E-state index contributed by atoms with van der Waals surface area (Å²) >= 11 is 1.52. The standard InChI is InChI=1S/C10H13N3OS/c1-2-3-4-8-12-10(14-13-8)9-7(11)5-6-15-9/h5-6H,2-4,11H2,1H3. The van der Waals surface area contributed by atoms with Crippen molar-refractivity contribution in [1.82, 2.24) is 10.1 Å². The summed E-state index contributed by atoms with van der Waals surface area (Å²) in [7, 11) is 0. The monoisotopic (exact) mass is 223 g/mol. The first-order chi connectivity index (χ1) is 7.31. The van der Waals surface area contributed by atoms with Gasteiger partial charge >= 0.3 is 0 Å². The second kappa shape index (κ2) is 4.44. The van der Waals surface area contributed by atoms with Gasteiger partial charge in [-0.1, -0.05) is 18.5 Å². The van der Waals surface area contributed by atoms with Gasteiger partial charge < -0.3 is 10.3 Å². The maximum absolute atomic E-state index is 5.76. The number of aromatic nitrogens is 2. The van der Waals surface area contributed by atoms with Gasteiger partial charge in [0, 0.05) is 6.42 Å². The maximum Gasteiger partial charge on any atom is 0.270 e. The molecule has 2 N–H and O–H groups in total. The molecule has 2 rings (SSSR count). The van der Waals surface area contributed by atoms with E-state index in [4.69, 9.17) is 10.3 Å². The van der Waals surface area contributed by atoms with Gasteiger partial charge in [0.05, 0.1) is 5.69 Å². The molecule has 2 aromatic rings. The van der Waals surface area contributed by atoms with Crippen molar-refractivity contribution in [3.05, 3.63) is 17.3 Å². The predicted octanol–water partition coefficient (Wildman–Crippen LogP) is 2.72. The fourth-order valence-electron chi connectivity index (χ4n) is 1.28. The van der Waals surface area contributed by atoms with Crippen molar-refractivity contribution < 1.29 is 4.52 Å². The number of hydrogen-bond donors (Lipinski definition) is 1. The van der Waals surface area contributed by atoms with Gasteiger partial charge in [-0.05, 0) is 17.9 Å². The molecule has 4 nitrogen and oxygen atoms in total. The zero-order chi connectivity index (χ0) is 10.7. The Labute approximate surface area is 92.1 Å². The van der Waals surface area contributed by atoms with E-state index in [1.807, 2.05) is 11.4 Å². The lowest BCUT2D eigenvalue weighted by atomic mass is 10.2. The minimum atomic E-state index is 0.536. The van der Waals surface area contributed by atoms with Crippen LogP contribution in [0, 0.1) is 0 Å². The molecule has 80 valence electrons. The molecule has 0 saturated heterocycles. The fourth-order valence-corrected chi connectivity index (χ4v) is 2.01. The second-order valence-corrected chi connectivity index (χ2v) is 4.24. The minimum absolute atomic E-state index is 0.536. The van der Waals surface area contributed by atoms with Crippen LogP contribution >= 0.6 is 11.3 Å². The highest BCUT2D eigenvalue weighted by Gasteiger charge is 2.12. The van der Waals surface area contributed by atoms with Crippen LogP contribution in [-0.4, -0.2) is 10.1 Å². The van der Waals surface area contributed by atoms with E-state index in [2.05, 4.69) is 17.1 Å². The summed E-state index contributed by atoms with van der Waals surface area (Å²) in [6, 6.07) is 1.84. The molecule has 0 fully saturated rings. The highest BCUT2D eigenvalue weighted by atomic mass is 32.1. The SMILES string of the molecule is CCCCc1noc(-c2sccc2N)n1. The average molecular weight is 223 g/mol. The molecule has 2 heterocycles. The molecular formula is C10H13N3OS. The van der Waals surface area contributed by atoms with Crippen LogP contribution in [0.1, 0.15) is 25.6 Å². The van der Waals surface area contributed by atoms with Gasteiger partial charge in [-0.15, -0.1) is 11.3 Å². The minimum Gasteiger partial charge on any atom is -0.397 e. The Balaban J connectivity index is 2.17. The lowest BCUT2D eigenvalue weighted by Gasteiger charge is -1.89. The molecule has 0 radical (unpaired) electrons. The van der Waals surface area contributed by atoms with Gasteiger partial charge in [0.1, 0.15) is 4.88 Å². The smallest absolute Gasteiger partial charge is 0.270 e. The van der Waals surface area contributed by atoms with Crippen LogP contribution in [0.25, 0.3) is 10.8 Å². The predicted molar refractivity (Wildman–Crippen MR) is 60.6 cm³/mol. The summed E-state index contributed by atoms with van der Waals surface area (Å²) in [4.78, 5) is 5.17. The Morgan fingerprint density at radius 3 is 3.07 bits per heavy atom. The number of hydrogen-bond acceptors (Lipinski definition) is 5. The Bertz CT molecular complexity index is 435. The molecule has 0 bridgehead atoms. The van der Waals surface area contributed by atoms with Gasteiger partial charge in [-0.2, -0.15) is 4.98 Å². The molecule has 0 amide bonds. The van der Waals surface area contributed by atoms with Crippen molar-refractivity contribution in [3.63, 3.8) is 0 Å². The molecule has 0 unspecified atom stereocenters. The molecule has 0 aliphatic carbocycles. The molecule has 0 spiro atoms. The first-order valence-corrected chi connectivity index (χ1v) is 5.85. The third-order valence-corrected chi connectivity index (χ3v) is 3.03. The number of unbranched alkanes of at least 4 members (excludes halogenated alkanes) is 1. The van der Waals surface area contributed by atoms with Gasteiger partial charge in [0.25, 0.3) is 5.89 Å². The Kier molecular flexibility index (Phi) is 3.01. The summed E-state index contributed by atoms with van der Waals surface area (Å²) < 4.78 is 5.16. The number of nitrogen functional groups attached to an aromatic ring is 1. The van der Waals surface area contributed by atoms with E-state index in [1.165, 1.54) is 11.3 Å². The van der Waals surface area contributed by atoms with E-state index in [1.54, 1.807) is 0 Å². The Hall–Kier alpha value is -1.36. The lowest BCUT2D eigenvalue weighted by molar-refractivity contribution is 0.422. The molecule has 0 aromatic carbocycles. The van der Waals surface area contributed by atoms with Crippen molar-refractivity contribution in [2.75, 3.05) is 5.73 Å². The van der Waals surface area contributed by atoms with Gasteiger partial charge in [0.15, 0.2) is 5.82 Å². The summed E-state index contributed by atoms with van der Waals surface area (Å²) in [6.07, 6.45) is 3.08. The summed E-state index contributed by atoms with van der Waals surface area (Å²) in [6.45, 7) is 2.14. The third kappa shape index (κ3) is 2.18. The zero-order valence-corrected chi connectivity index (χ0v) is 9.38. The van der Waals surface area contributed by atoms with E-state index in [0.717, 1.165) is 30.0 Å². The molecule has 15 heavy (non-hydrogen) atoms.